The SMILES string of the molecule is CCOC(=O)N1CCN(C(=O)C2CCCN(S(=O)(=O)c3ccc(OC)c(C)c3)C2)CC1. The summed E-state index contributed by atoms with van der Waals surface area (Å²) < 4.78 is 38.0. The summed E-state index contributed by atoms with van der Waals surface area (Å²) in [6.07, 6.45) is 0.928. The molecular weight excluding hydrogens is 422 g/mol. The van der Waals surface area contributed by atoms with E-state index in [1.54, 1.807) is 49.0 Å². The van der Waals surface area contributed by atoms with Gasteiger partial charge in [-0.15, -0.1) is 0 Å². The lowest BCUT2D eigenvalue weighted by Gasteiger charge is -2.38. The highest BCUT2D eigenvalue weighted by Gasteiger charge is 2.36. The fraction of sp³-hybridized carbons (Fsp3) is 0.619. The van der Waals surface area contributed by atoms with Crippen molar-refractivity contribution in [3.05, 3.63) is 23.8 Å². The number of hydrogen-bond acceptors (Lipinski definition) is 6. The van der Waals surface area contributed by atoms with Gasteiger partial charge >= 0.3 is 6.09 Å². The van der Waals surface area contributed by atoms with E-state index in [-0.39, 0.29) is 29.4 Å². The Morgan fingerprint density at radius 2 is 1.77 bits per heavy atom. The number of sulfonamides is 1. The molecule has 31 heavy (non-hydrogen) atoms. The molecule has 0 N–H and O–H groups in total. The molecular formula is C21H31N3O6S. The van der Waals surface area contributed by atoms with Crippen LogP contribution in [0.15, 0.2) is 23.1 Å². The molecule has 2 aliphatic rings. The summed E-state index contributed by atoms with van der Waals surface area (Å²) in [5.74, 6) is 0.207. The molecule has 2 saturated heterocycles. The number of carbonyl (C=O) groups excluding carboxylic acids is 2. The van der Waals surface area contributed by atoms with Gasteiger partial charge in [-0.2, -0.15) is 4.31 Å². The molecule has 1 aromatic carbocycles. The van der Waals surface area contributed by atoms with Crippen LogP contribution in [-0.2, 0) is 19.6 Å². The number of nitrogens with zero attached hydrogens (tertiary/aromatic N) is 3. The second-order valence-corrected chi connectivity index (χ2v) is 9.78. The van der Waals surface area contributed by atoms with Crippen molar-refractivity contribution in [2.24, 2.45) is 5.92 Å². The number of piperazine rings is 1. The second-order valence-electron chi connectivity index (χ2n) is 7.84. The summed E-state index contributed by atoms with van der Waals surface area (Å²) in [6.45, 7) is 6.15. The minimum Gasteiger partial charge on any atom is -0.496 e. The van der Waals surface area contributed by atoms with Crippen molar-refractivity contribution in [2.45, 2.75) is 31.6 Å². The number of piperidine rings is 1. The maximum absolute atomic E-state index is 13.2. The Balaban J connectivity index is 1.64. The minimum atomic E-state index is -3.70. The molecule has 2 fully saturated rings. The molecule has 0 saturated carbocycles. The Bertz CT molecular complexity index is 912. The summed E-state index contributed by atoms with van der Waals surface area (Å²) in [6, 6.07) is 4.80. The Labute approximate surface area is 183 Å². The molecule has 0 radical (unpaired) electrons. The van der Waals surface area contributed by atoms with E-state index in [0.717, 1.165) is 5.56 Å². The smallest absolute Gasteiger partial charge is 0.409 e. The summed E-state index contributed by atoms with van der Waals surface area (Å²) in [5.41, 5.74) is 0.743. The number of amides is 2. The van der Waals surface area contributed by atoms with Crippen molar-refractivity contribution < 1.29 is 27.5 Å². The molecule has 9 nitrogen and oxygen atoms in total. The van der Waals surface area contributed by atoms with Gasteiger partial charge in [-0.3, -0.25) is 4.79 Å². The predicted octanol–water partition coefficient (Wildman–Crippen LogP) is 1.71. The molecule has 2 aliphatic heterocycles. The van der Waals surface area contributed by atoms with Crippen molar-refractivity contribution in [2.75, 3.05) is 53.0 Å². The number of methoxy groups -OCH3 is 1. The van der Waals surface area contributed by atoms with Crippen molar-refractivity contribution in [1.29, 1.82) is 0 Å². The normalized spacial score (nSPS) is 20.4. The van der Waals surface area contributed by atoms with E-state index in [1.165, 1.54) is 4.31 Å². The van der Waals surface area contributed by atoms with E-state index in [1.807, 2.05) is 0 Å². The lowest BCUT2D eigenvalue weighted by atomic mass is 9.98. The van der Waals surface area contributed by atoms with Gasteiger partial charge in [0.05, 0.1) is 24.5 Å². The summed E-state index contributed by atoms with van der Waals surface area (Å²) in [5, 5.41) is 0. The molecule has 0 aromatic heterocycles. The molecule has 10 heteroatoms. The predicted molar refractivity (Wildman–Crippen MR) is 114 cm³/mol. The van der Waals surface area contributed by atoms with Crippen LogP contribution in [0.2, 0.25) is 0 Å². The van der Waals surface area contributed by atoms with Gasteiger partial charge < -0.3 is 19.3 Å². The van der Waals surface area contributed by atoms with Crippen LogP contribution in [0.5, 0.6) is 5.75 Å². The first-order chi connectivity index (χ1) is 14.8. The molecule has 172 valence electrons. The van der Waals surface area contributed by atoms with Gasteiger partial charge in [0.2, 0.25) is 15.9 Å². The zero-order chi connectivity index (χ0) is 22.6. The van der Waals surface area contributed by atoms with Gasteiger partial charge in [-0.05, 0) is 50.5 Å². The third-order valence-corrected chi connectivity index (χ3v) is 7.72. The minimum absolute atomic E-state index is 0.0469. The van der Waals surface area contributed by atoms with Crippen LogP contribution >= 0.6 is 0 Å². The number of aryl methyl sites for hydroxylation is 1. The zero-order valence-electron chi connectivity index (χ0n) is 18.4. The van der Waals surface area contributed by atoms with Gasteiger partial charge in [0, 0.05) is 39.3 Å². The van der Waals surface area contributed by atoms with Gasteiger partial charge in [0.15, 0.2) is 0 Å². The highest BCUT2D eigenvalue weighted by atomic mass is 32.2. The van der Waals surface area contributed by atoms with E-state index < -0.39 is 10.0 Å². The van der Waals surface area contributed by atoms with Crippen LogP contribution in [-0.4, -0.2) is 87.5 Å². The maximum Gasteiger partial charge on any atom is 0.409 e. The molecule has 0 aliphatic carbocycles. The summed E-state index contributed by atoms with van der Waals surface area (Å²) in [4.78, 5) is 28.4. The average Bonchev–Trinajstić information content (AvgIpc) is 2.79. The Hall–Kier alpha value is -2.33. The lowest BCUT2D eigenvalue weighted by Crippen LogP contribution is -2.54. The molecule has 1 aromatic rings. The molecule has 1 unspecified atom stereocenters. The van der Waals surface area contributed by atoms with Gasteiger partial charge in [-0.1, -0.05) is 0 Å². The lowest BCUT2D eigenvalue weighted by molar-refractivity contribution is -0.138. The van der Waals surface area contributed by atoms with Crippen LogP contribution < -0.4 is 4.74 Å². The molecule has 2 heterocycles. The standard InChI is InChI=1S/C21H31N3O6S/c1-4-30-21(26)23-12-10-22(11-13-23)20(25)17-6-5-9-24(15-17)31(27,28)18-7-8-19(29-3)16(2)14-18/h7-8,14,17H,4-6,9-13,15H2,1-3H3. The van der Waals surface area contributed by atoms with Crippen molar-refractivity contribution >= 4 is 22.0 Å². The van der Waals surface area contributed by atoms with Gasteiger partial charge in [-0.25, -0.2) is 13.2 Å². The fourth-order valence-electron chi connectivity index (χ4n) is 4.11. The Morgan fingerprint density at radius 3 is 2.39 bits per heavy atom. The molecule has 1 atom stereocenters. The third-order valence-electron chi connectivity index (χ3n) is 5.85. The number of benzene rings is 1. The van der Waals surface area contributed by atoms with E-state index in [0.29, 0.717) is 57.9 Å². The van der Waals surface area contributed by atoms with Crippen molar-refractivity contribution in [3.8, 4) is 5.75 Å². The molecule has 3 rings (SSSR count). The highest BCUT2D eigenvalue weighted by Crippen LogP contribution is 2.28. The molecule has 0 spiro atoms. The Morgan fingerprint density at radius 1 is 1.10 bits per heavy atom. The maximum atomic E-state index is 13.2. The largest absolute Gasteiger partial charge is 0.496 e. The first-order valence-corrected chi connectivity index (χ1v) is 12.1. The second kappa shape index (κ2) is 9.86. The van der Waals surface area contributed by atoms with Gasteiger partial charge in [0.1, 0.15) is 5.75 Å². The van der Waals surface area contributed by atoms with E-state index in [9.17, 15) is 18.0 Å². The van der Waals surface area contributed by atoms with Crippen LogP contribution in [0.4, 0.5) is 4.79 Å². The van der Waals surface area contributed by atoms with Gasteiger partial charge in [0.25, 0.3) is 0 Å². The Kier molecular flexibility index (Phi) is 7.42. The summed E-state index contributed by atoms with van der Waals surface area (Å²) in [7, 11) is -2.15. The quantitative estimate of drug-likeness (QED) is 0.673. The topological polar surface area (TPSA) is 96.5 Å². The number of ether oxygens (including phenoxy) is 2. The van der Waals surface area contributed by atoms with Crippen molar-refractivity contribution in [1.82, 2.24) is 14.1 Å². The van der Waals surface area contributed by atoms with Crippen LogP contribution in [0.3, 0.4) is 0 Å². The number of rotatable bonds is 5. The third kappa shape index (κ3) is 5.12. The number of carbonyl (C=O) groups is 2. The molecule has 0 bridgehead atoms. The van der Waals surface area contributed by atoms with Crippen LogP contribution in [0.25, 0.3) is 0 Å². The van der Waals surface area contributed by atoms with E-state index >= 15 is 0 Å². The highest BCUT2D eigenvalue weighted by molar-refractivity contribution is 7.89. The van der Waals surface area contributed by atoms with Crippen LogP contribution in [0, 0.1) is 12.8 Å². The average molecular weight is 454 g/mol. The van der Waals surface area contributed by atoms with E-state index in [4.69, 9.17) is 9.47 Å². The van der Waals surface area contributed by atoms with Crippen molar-refractivity contribution in [3.63, 3.8) is 0 Å². The van der Waals surface area contributed by atoms with E-state index in [2.05, 4.69) is 0 Å². The first kappa shape index (κ1) is 23.3. The number of hydrogen-bond donors (Lipinski definition) is 0. The summed E-state index contributed by atoms with van der Waals surface area (Å²) >= 11 is 0. The molecule has 2 amide bonds. The monoisotopic (exact) mass is 453 g/mol. The first-order valence-electron chi connectivity index (χ1n) is 10.6. The zero-order valence-corrected chi connectivity index (χ0v) is 19.2. The van der Waals surface area contributed by atoms with Crippen LogP contribution in [0.1, 0.15) is 25.3 Å². The fourth-order valence-corrected chi connectivity index (χ4v) is 5.71.